The first kappa shape index (κ1) is 14.4. The molecule has 0 aromatic carbocycles. The summed E-state index contributed by atoms with van der Waals surface area (Å²) >= 11 is 0. The molecular weight excluding hydrogens is 286 g/mol. The standard InChI is InChI=1S/C19H21N3O/c23-18(11-13-5-4-10-20-12-13)22-19-14-6-1-2-8-16(14)21-17-9-3-7-15(17)19/h4-5,10,12H,1-3,6-9,11H2,(H,21,22,23). The highest BCUT2D eigenvalue weighted by Gasteiger charge is 2.25. The van der Waals surface area contributed by atoms with E-state index in [1.807, 2.05) is 12.1 Å². The highest BCUT2D eigenvalue weighted by molar-refractivity contribution is 5.94. The second-order valence-corrected chi connectivity index (χ2v) is 6.48. The third-order valence-corrected chi connectivity index (χ3v) is 4.85. The molecule has 0 bridgehead atoms. The minimum Gasteiger partial charge on any atom is -0.325 e. The van der Waals surface area contributed by atoms with Crippen LogP contribution in [0.15, 0.2) is 24.5 Å². The predicted molar refractivity (Wildman–Crippen MR) is 89.5 cm³/mol. The van der Waals surface area contributed by atoms with E-state index in [2.05, 4.69) is 10.3 Å². The van der Waals surface area contributed by atoms with Gasteiger partial charge in [-0.15, -0.1) is 0 Å². The summed E-state index contributed by atoms with van der Waals surface area (Å²) in [5, 5.41) is 3.21. The topological polar surface area (TPSA) is 54.9 Å². The van der Waals surface area contributed by atoms with Gasteiger partial charge in [-0.05, 0) is 67.7 Å². The Morgan fingerprint density at radius 1 is 1.04 bits per heavy atom. The number of rotatable bonds is 3. The van der Waals surface area contributed by atoms with Gasteiger partial charge in [0.15, 0.2) is 0 Å². The van der Waals surface area contributed by atoms with E-state index in [4.69, 9.17) is 4.98 Å². The van der Waals surface area contributed by atoms with Gasteiger partial charge in [0.1, 0.15) is 0 Å². The Balaban J connectivity index is 1.63. The van der Waals surface area contributed by atoms with Gasteiger partial charge in [-0.2, -0.15) is 0 Å². The summed E-state index contributed by atoms with van der Waals surface area (Å²) in [6, 6.07) is 3.81. The first-order chi connectivity index (χ1) is 11.3. The zero-order chi connectivity index (χ0) is 15.6. The van der Waals surface area contributed by atoms with Gasteiger partial charge in [-0.1, -0.05) is 6.07 Å². The molecule has 118 valence electrons. The fraction of sp³-hybridized carbons (Fsp3) is 0.421. The third-order valence-electron chi connectivity index (χ3n) is 4.85. The zero-order valence-corrected chi connectivity index (χ0v) is 13.3. The average molecular weight is 307 g/mol. The Morgan fingerprint density at radius 2 is 1.78 bits per heavy atom. The van der Waals surface area contributed by atoms with E-state index < -0.39 is 0 Å². The van der Waals surface area contributed by atoms with Gasteiger partial charge < -0.3 is 5.32 Å². The average Bonchev–Trinajstić information content (AvgIpc) is 3.04. The SMILES string of the molecule is O=C(Cc1cccnc1)Nc1c2c(nc3c1CCC3)CCCC2. The van der Waals surface area contributed by atoms with Crippen molar-refractivity contribution in [1.82, 2.24) is 9.97 Å². The molecule has 0 saturated carbocycles. The monoisotopic (exact) mass is 307 g/mol. The van der Waals surface area contributed by atoms with Crippen molar-refractivity contribution in [2.75, 3.05) is 5.32 Å². The van der Waals surface area contributed by atoms with Crippen LogP contribution in [-0.4, -0.2) is 15.9 Å². The van der Waals surface area contributed by atoms with Crippen molar-refractivity contribution in [2.24, 2.45) is 0 Å². The lowest BCUT2D eigenvalue weighted by atomic mass is 9.92. The number of anilines is 1. The van der Waals surface area contributed by atoms with E-state index in [0.717, 1.165) is 43.4 Å². The molecule has 4 rings (SSSR count). The smallest absolute Gasteiger partial charge is 0.228 e. The van der Waals surface area contributed by atoms with E-state index >= 15 is 0 Å². The second kappa shape index (κ2) is 6.11. The van der Waals surface area contributed by atoms with Crippen LogP contribution in [0.4, 0.5) is 5.69 Å². The van der Waals surface area contributed by atoms with Crippen LogP contribution >= 0.6 is 0 Å². The number of carbonyl (C=O) groups excluding carboxylic acids is 1. The second-order valence-electron chi connectivity index (χ2n) is 6.48. The lowest BCUT2D eigenvalue weighted by Crippen LogP contribution is -2.20. The highest BCUT2D eigenvalue weighted by atomic mass is 16.1. The van der Waals surface area contributed by atoms with Gasteiger partial charge >= 0.3 is 0 Å². The number of hydrogen-bond donors (Lipinski definition) is 1. The van der Waals surface area contributed by atoms with Crippen LogP contribution in [0, 0.1) is 0 Å². The fourth-order valence-electron chi connectivity index (χ4n) is 3.77. The van der Waals surface area contributed by atoms with Crippen LogP contribution in [-0.2, 0) is 36.9 Å². The minimum absolute atomic E-state index is 0.0473. The molecule has 2 aliphatic carbocycles. The minimum atomic E-state index is 0.0473. The van der Waals surface area contributed by atoms with Gasteiger partial charge in [-0.3, -0.25) is 14.8 Å². The molecule has 1 N–H and O–H groups in total. The number of nitrogens with one attached hydrogen (secondary N) is 1. The first-order valence-electron chi connectivity index (χ1n) is 8.53. The summed E-state index contributed by atoms with van der Waals surface area (Å²) in [6.45, 7) is 0. The van der Waals surface area contributed by atoms with Gasteiger partial charge in [0.05, 0.1) is 12.1 Å². The number of pyridine rings is 2. The van der Waals surface area contributed by atoms with Crippen molar-refractivity contribution in [2.45, 2.75) is 51.4 Å². The van der Waals surface area contributed by atoms with Crippen molar-refractivity contribution < 1.29 is 4.79 Å². The molecule has 0 aliphatic heterocycles. The van der Waals surface area contributed by atoms with Crippen LogP contribution in [0.1, 0.15) is 47.3 Å². The maximum absolute atomic E-state index is 12.5. The number of aryl methyl sites for hydroxylation is 2. The van der Waals surface area contributed by atoms with E-state index in [-0.39, 0.29) is 5.91 Å². The van der Waals surface area contributed by atoms with Gasteiger partial charge in [-0.25, -0.2) is 0 Å². The Labute approximate surface area is 136 Å². The van der Waals surface area contributed by atoms with Crippen molar-refractivity contribution in [1.29, 1.82) is 0 Å². The summed E-state index contributed by atoms with van der Waals surface area (Å²) in [4.78, 5) is 21.5. The van der Waals surface area contributed by atoms with Crippen LogP contribution < -0.4 is 5.32 Å². The molecule has 4 nitrogen and oxygen atoms in total. The maximum Gasteiger partial charge on any atom is 0.228 e. The molecule has 2 aromatic rings. The molecule has 2 heterocycles. The van der Waals surface area contributed by atoms with E-state index in [9.17, 15) is 4.79 Å². The molecule has 0 spiro atoms. The molecule has 0 fully saturated rings. The van der Waals surface area contributed by atoms with E-state index in [0.29, 0.717) is 6.42 Å². The Hall–Kier alpha value is -2.23. The lowest BCUT2D eigenvalue weighted by molar-refractivity contribution is -0.115. The molecule has 0 atom stereocenters. The predicted octanol–water partition coefficient (Wildman–Crippen LogP) is 3.03. The molecular formula is C19H21N3O. The molecule has 2 aliphatic rings. The van der Waals surface area contributed by atoms with Crippen molar-refractivity contribution in [3.05, 3.63) is 52.6 Å². The van der Waals surface area contributed by atoms with Crippen LogP contribution in [0.25, 0.3) is 0 Å². The number of carbonyl (C=O) groups is 1. The normalized spacial score (nSPS) is 15.8. The summed E-state index contributed by atoms with van der Waals surface area (Å²) in [7, 11) is 0. The van der Waals surface area contributed by atoms with Gasteiger partial charge in [0, 0.05) is 23.8 Å². The highest BCUT2D eigenvalue weighted by Crippen LogP contribution is 2.35. The van der Waals surface area contributed by atoms with Crippen molar-refractivity contribution in [3.8, 4) is 0 Å². The number of nitrogens with zero attached hydrogens (tertiary/aromatic N) is 2. The van der Waals surface area contributed by atoms with E-state index in [1.165, 1.54) is 35.4 Å². The van der Waals surface area contributed by atoms with Gasteiger partial charge in [0.2, 0.25) is 5.91 Å². The van der Waals surface area contributed by atoms with E-state index in [1.54, 1.807) is 12.4 Å². The Morgan fingerprint density at radius 3 is 2.57 bits per heavy atom. The molecule has 4 heteroatoms. The molecule has 0 unspecified atom stereocenters. The van der Waals surface area contributed by atoms with Crippen LogP contribution in [0.2, 0.25) is 0 Å². The maximum atomic E-state index is 12.5. The first-order valence-corrected chi connectivity index (χ1v) is 8.53. The molecule has 23 heavy (non-hydrogen) atoms. The van der Waals surface area contributed by atoms with Gasteiger partial charge in [0.25, 0.3) is 0 Å². The number of amides is 1. The molecule has 0 saturated heterocycles. The van der Waals surface area contributed by atoms with Crippen molar-refractivity contribution >= 4 is 11.6 Å². The molecule has 1 amide bonds. The fourth-order valence-corrected chi connectivity index (χ4v) is 3.77. The summed E-state index contributed by atoms with van der Waals surface area (Å²) in [5.74, 6) is 0.0473. The lowest BCUT2D eigenvalue weighted by Gasteiger charge is -2.22. The Bertz CT molecular complexity index is 740. The summed E-state index contributed by atoms with van der Waals surface area (Å²) in [6.07, 6.45) is 11.6. The molecule has 2 aromatic heterocycles. The number of fused-ring (bicyclic) bond motifs is 2. The summed E-state index contributed by atoms with van der Waals surface area (Å²) in [5.41, 5.74) is 7.03. The third kappa shape index (κ3) is 2.85. The Kier molecular flexibility index (Phi) is 3.82. The number of aromatic nitrogens is 2. The van der Waals surface area contributed by atoms with Crippen LogP contribution in [0.3, 0.4) is 0 Å². The quantitative estimate of drug-likeness (QED) is 0.948. The zero-order valence-electron chi connectivity index (χ0n) is 13.3. The molecule has 0 radical (unpaired) electrons. The largest absolute Gasteiger partial charge is 0.325 e. The number of hydrogen-bond acceptors (Lipinski definition) is 3. The summed E-state index contributed by atoms with van der Waals surface area (Å²) < 4.78 is 0. The van der Waals surface area contributed by atoms with Crippen LogP contribution in [0.5, 0.6) is 0 Å². The van der Waals surface area contributed by atoms with Crippen molar-refractivity contribution in [3.63, 3.8) is 0 Å².